The molecule has 0 aliphatic carbocycles. The first-order chi connectivity index (χ1) is 14.1. The molecule has 1 atom stereocenters. The minimum Gasteiger partial charge on any atom is -0.504 e. The Morgan fingerprint density at radius 1 is 1.21 bits per heavy atom. The lowest BCUT2D eigenvalue weighted by Crippen LogP contribution is -2.26. The topological polar surface area (TPSA) is 88.0 Å². The molecule has 1 heterocycles. The molecule has 1 fully saturated rings. The molecule has 1 unspecified atom stereocenters. The smallest absolute Gasteiger partial charge is 0.243 e. The van der Waals surface area contributed by atoms with Gasteiger partial charge in [-0.2, -0.15) is 0 Å². The van der Waals surface area contributed by atoms with Gasteiger partial charge in [-0.15, -0.1) is 0 Å². The van der Waals surface area contributed by atoms with E-state index < -0.39 is 0 Å². The predicted octanol–water partition coefficient (Wildman–Crippen LogP) is 3.56. The first-order valence-electron chi connectivity index (χ1n) is 9.87. The van der Waals surface area contributed by atoms with E-state index in [1.165, 1.54) is 18.2 Å². The molecule has 2 aromatic rings. The van der Waals surface area contributed by atoms with E-state index in [9.17, 15) is 15.0 Å². The number of hydrogen-bond acceptors (Lipinski definition) is 5. The van der Waals surface area contributed by atoms with Gasteiger partial charge < -0.3 is 25.0 Å². The molecule has 1 amide bonds. The number of phenols is 2. The molecule has 154 valence electrons. The molecule has 0 radical (unpaired) electrons. The zero-order valence-electron chi connectivity index (χ0n) is 16.4. The van der Waals surface area contributed by atoms with E-state index in [0.717, 1.165) is 42.6 Å². The second kappa shape index (κ2) is 9.98. The van der Waals surface area contributed by atoms with Crippen LogP contribution in [0.4, 0.5) is 0 Å². The van der Waals surface area contributed by atoms with Crippen molar-refractivity contribution in [2.24, 2.45) is 0 Å². The highest BCUT2D eigenvalue weighted by Crippen LogP contribution is 2.36. The van der Waals surface area contributed by atoms with Crippen molar-refractivity contribution >= 4 is 5.91 Å². The Kier molecular flexibility index (Phi) is 7.14. The molecule has 1 saturated heterocycles. The van der Waals surface area contributed by atoms with Crippen LogP contribution in [-0.2, 0) is 16.0 Å². The van der Waals surface area contributed by atoms with E-state index in [4.69, 9.17) is 9.47 Å². The van der Waals surface area contributed by atoms with Gasteiger partial charge in [0.15, 0.2) is 11.5 Å². The van der Waals surface area contributed by atoms with Gasteiger partial charge in [0.2, 0.25) is 5.91 Å². The summed E-state index contributed by atoms with van der Waals surface area (Å²) >= 11 is 0. The zero-order valence-corrected chi connectivity index (χ0v) is 16.4. The Balaban J connectivity index is 1.80. The molecule has 0 aromatic heterocycles. The van der Waals surface area contributed by atoms with E-state index in [-0.39, 0.29) is 23.5 Å². The van der Waals surface area contributed by atoms with Gasteiger partial charge in [0, 0.05) is 18.7 Å². The lowest BCUT2D eigenvalue weighted by molar-refractivity contribution is -0.116. The van der Waals surface area contributed by atoms with Crippen molar-refractivity contribution in [3.05, 3.63) is 54.6 Å². The molecule has 6 heteroatoms. The third-order valence-electron chi connectivity index (χ3n) is 4.93. The third-order valence-corrected chi connectivity index (χ3v) is 4.93. The average Bonchev–Trinajstić information content (AvgIpc) is 2.75. The molecule has 0 spiro atoms. The summed E-state index contributed by atoms with van der Waals surface area (Å²) in [6.45, 7) is 5.16. The Labute approximate surface area is 170 Å². The van der Waals surface area contributed by atoms with Gasteiger partial charge in [-0.05, 0) is 67.2 Å². The number of aromatic hydroxyl groups is 2. The highest BCUT2D eigenvalue weighted by atomic mass is 16.5. The van der Waals surface area contributed by atoms with Crippen LogP contribution in [0, 0.1) is 0 Å². The maximum Gasteiger partial charge on any atom is 0.243 e. The SMILES string of the molecule is C=CC(=O)NCCc1ccc(OCC2CCCCO2)c(-c2ccc(O)c(O)c2)c1. The number of hydrogen-bond donors (Lipinski definition) is 3. The number of benzene rings is 2. The summed E-state index contributed by atoms with van der Waals surface area (Å²) in [6.07, 6.45) is 5.18. The van der Waals surface area contributed by atoms with Crippen molar-refractivity contribution in [1.82, 2.24) is 5.32 Å². The first-order valence-corrected chi connectivity index (χ1v) is 9.87. The fourth-order valence-electron chi connectivity index (χ4n) is 3.30. The van der Waals surface area contributed by atoms with E-state index in [0.29, 0.717) is 25.3 Å². The van der Waals surface area contributed by atoms with Crippen molar-refractivity contribution < 1.29 is 24.5 Å². The molecule has 6 nitrogen and oxygen atoms in total. The van der Waals surface area contributed by atoms with Gasteiger partial charge in [-0.25, -0.2) is 0 Å². The fraction of sp³-hybridized carbons (Fsp3) is 0.348. The minimum absolute atomic E-state index is 0.0820. The number of amides is 1. The van der Waals surface area contributed by atoms with Gasteiger partial charge in [-0.1, -0.05) is 18.7 Å². The highest BCUT2D eigenvalue weighted by molar-refractivity contribution is 5.86. The summed E-state index contributed by atoms with van der Waals surface area (Å²) in [5, 5.41) is 22.3. The van der Waals surface area contributed by atoms with Gasteiger partial charge in [-0.3, -0.25) is 4.79 Å². The Morgan fingerprint density at radius 3 is 2.79 bits per heavy atom. The summed E-state index contributed by atoms with van der Waals surface area (Å²) in [6, 6.07) is 10.5. The lowest BCUT2D eigenvalue weighted by atomic mass is 10.00. The van der Waals surface area contributed by atoms with Crippen LogP contribution < -0.4 is 10.1 Å². The Hall–Kier alpha value is -2.99. The van der Waals surface area contributed by atoms with Crippen LogP contribution in [0.1, 0.15) is 24.8 Å². The van der Waals surface area contributed by atoms with E-state index >= 15 is 0 Å². The van der Waals surface area contributed by atoms with Gasteiger partial charge in [0.05, 0.1) is 6.10 Å². The Morgan fingerprint density at radius 2 is 2.07 bits per heavy atom. The van der Waals surface area contributed by atoms with Crippen molar-refractivity contribution in [3.8, 4) is 28.4 Å². The summed E-state index contributed by atoms with van der Waals surface area (Å²) in [5.74, 6) is 0.118. The van der Waals surface area contributed by atoms with Crippen molar-refractivity contribution in [1.29, 1.82) is 0 Å². The van der Waals surface area contributed by atoms with E-state index in [2.05, 4.69) is 11.9 Å². The van der Waals surface area contributed by atoms with Crippen LogP contribution in [0.2, 0.25) is 0 Å². The molecule has 1 aliphatic heterocycles. The quantitative estimate of drug-likeness (QED) is 0.468. The second-order valence-electron chi connectivity index (χ2n) is 7.08. The molecular weight excluding hydrogens is 370 g/mol. The maximum absolute atomic E-state index is 11.3. The normalized spacial score (nSPS) is 16.2. The molecule has 2 aromatic carbocycles. The van der Waals surface area contributed by atoms with Gasteiger partial charge in [0.1, 0.15) is 12.4 Å². The zero-order chi connectivity index (χ0) is 20.6. The molecule has 3 rings (SSSR count). The van der Waals surface area contributed by atoms with Gasteiger partial charge >= 0.3 is 0 Å². The molecule has 3 N–H and O–H groups in total. The number of ether oxygens (including phenoxy) is 2. The van der Waals surface area contributed by atoms with Crippen LogP contribution in [0.5, 0.6) is 17.2 Å². The maximum atomic E-state index is 11.3. The van der Waals surface area contributed by atoms with Crippen LogP contribution in [0.15, 0.2) is 49.1 Å². The van der Waals surface area contributed by atoms with E-state index in [1.807, 2.05) is 18.2 Å². The van der Waals surface area contributed by atoms with Crippen molar-refractivity contribution in [2.45, 2.75) is 31.8 Å². The molecular formula is C23H27NO5. The predicted molar refractivity (Wildman–Crippen MR) is 111 cm³/mol. The number of nitrogens with one attached hydrogen (secondary N) is 1. The second-order valence-corrected chi connectivity index (χ2v) is 7.08. The molecule has 0 bridgehead atoms. The van der Waals surface area contributed by atoms with Crippen LogP contribution in [0.25, 0.3) is 11.1 Å². The average molecular weight is 397 g/mol. The summed E-state index contributed by atoms with van der Waals surface area (Å²) in [4.78, 5) is 11.3. The number of phenolic OH excluding ortho intramolecular Hbond substituents is 2. The Bertz CT molecular complexity index is 858. The van der Waals surface area contributed by atoms with E-state index in [1.54, 1.807) is 6.07 Å². The van der Waals surface area contributed by atoms with Crippen molar-refractivity contribution in [3.63, 3.8) is 0 Å². The standard InChI is InChI=1S/C23H27NO5/c1-2-23(27)24-11-10-16-6-9-22(29-15-18-5-3-4-12-28-18)19(13-16)17-7-8-20(25)21(26)14-17/h2,6-9,13-14,18,25-26H,1,3-5,10-12,15H2,(H,24,27). The third kappa shape index (κ3) is 5.74. The van der Waals surface area contributed by atoms with Crippen LogP contribution >= 0.6 is 0 Å². The highest BCUT2D eigenvalue weighted by Gasteiger charge is 2.16. The van der Waals surface area contributed by atoms with Crippen LogP contribution in [-0.4, -0.2) is 42.0 Å². The van der Waals surface area contributed by atoms with Gasteiger partial charge in [0.25, 0.3) is 0 Å². The summed E-state index contributed by atoms with van der Waals surface area (Å²) in [5.41, 5.74) is 2.55. The molecule has 29 heavy (non-hydrogen) atoms. The lowest BCUT2D eigenvalue weighted by Gasteiger charge is -2.23. The number of carbonyl (C=O) groups is 1. The monoisotopic (exact) mass is 397 g/mol. The van der Waals surface area contributed by atoms with Crippen molar-refractivity contribution in [2.75, 3.05) is 19.8 Å². The van der Waals surface area contributed by atoms with Crippen LogP contribution in [0.3, 0.4) is 0 Å². The molecule has 0 saturated carbocycles. The number of rotatable bonds is 8. The number of carbonyl (C=O) groups excluding carboxylic acids is 1. The minimum atomic E-state index is -0.207. The summed E-state index contributed by atoms with van der Waals surface area (Å²) < 4.78 is 11.8. The first kappa shape index (κ1) is 20.7. The largest absolute Gasteiger partial charge is 0.504 e. The summed E-state index contributed by atoms with van der Waals surface area (Å²) in [7, 11) is 0. The fourth-order valence-corrected chi connectivity index (χ4v) is 3.30. The molecule has 1 aliphatic rings.